The van der Waals surface area contributed by atoms with Crippen LogP contribution in [0.2, 0.25) is 0 Å². The van der Waals surface area contributed by atoms with Gasteiger partial charge in [-0.1, -0.05) is 42.5 Å². The van der Waals surface area contributed by atoms with Crippen LogP contribution in [0.15, 0.2) is 72.9 Å². The maximum atomic E-state index is 11.5. The molecule has 0 spiro atoms. The summed E-state index contributed by atoms with van der Waals surface area (Å²) in [7, 11) is 0. The van der Waals surface area contributed by atoms with Crippen molar-refractivity contribution in [3.63, 3.8) is 0 Å². The highest BCUT2D eigenvalue weighted by Crippen LogP contribution is 2.39. The van der Waals surface area contributed by atoms with Crippen LogP contribution in [-0.2, 0) is 0 Å². The molecule has 0 aliphatic carbocycles. The maximum absolute atomic E-state index is 11.5. The van der Waals surface area contributed by atoms with Crippen molar-refractivity contribution < 1.29 is 4.92 Å². The number of benzene rings is 3. The van der Waals surface area contributed by atoms with Crippen LogP contribution in [-0.4, -0.2) is 14.9 Å². The Labute approximate surface area is 148 Å². The van der Waals surface area contributed by atoms with Crippen molar-refractivity contribution in [3.05, 3.63) is 83.0 Å². The molecule has 5 heteroatoms. The molecule has 26 heavy (non-hydrogen) atoms. The Morgan fingerprint density at radius 3 is 2.38 bits per heavy atom. The molecule has 2 heterocycles. The lowest BCUT2D eigenvalue weighted by Gasteiger charge is -2.08. The quantitative estimate of drug-likeness (QED) is 0.343. The Bertz CT molecular complexity index is 1320. The second-order valence-corrected chi connectivity index (χ2v) is 6.19. The zero-order valence-corrected chi connectivity index (χ0v) is 13.6. The molecule has 0 aliphatic rings. The average molecular weight is 339 g/mol. The highest BCUT2D eigenvalue weighted by molar-refractivity contribution is 6.23. The molecule has 1 N–H and O–H groups in total. The van der Waals surface area contributed by atoms with Crippen LogP contribution in [0.3, 0.4) is 0 Å². The van der Waals surface area contributed by atoms with Gasteiger partial charge < -0.3 is 4.98 Å². The number of nitrogens with one attached hydrogen (secondary N) is 1. The van der Waals surface area contributed by atoms with Gasteiger partial charge in [-0.25, -0.2) is 4.98 Å². The third kappa shape index (κ3) is 2.01. The summed E-state index contributed by atoms with van der Waals surface area (Å²) in [6, 6.07) is 21.1. The summed E-state index contributed by atoms with van der Waals surface area (Å²) >= 11 is 0. The van der Waals surface area contributed by atoms with E-state index in [9.17, 15) is 10.1 Å². The number of para-hydroxylation sites is 1. The highest BCUT2D eigenvalue weighted by Gasteiger charge is 2.20. The first-order valence-electron chi connectivity index (χ1n) is 8.26. The van der Waals surface area contributed by atoms with Crippen molar-refractivity contribution in [3.8, 4) is 11.3 Å². The van der Waals surface area contributed by atoms with E-state index in [0.29, 0.717) is 5.69 Å². The lowest BCUT2D eigenvalue weighted by Crippen LogP contribution is -1.95. The number of hydrogen-bond donors (Lipinski definition) is 1. The van der Waals surface area contributed by atoms with Gasteiger partial charge in [-0.15, -0.1) is 0 Å². The smallest absolute Gasteiger partial charge is 0.295 e. The number of aromatic nitrogens is 2. The van der Waals surface area contributed by atoms with E-state index in [2.05, 4.69) is 22.1 Å². The zero-order chi connectivity index (χ0) is 17.7. The SMILES string of the molecule is O=[N+]([O-])c1cccnc1-c1cc2[nH]c3ccccc3c2c2ccccc12. The van der Waals surface area contributed by atoms with Gasteiger partial charge in [-0.3, -0.25) is 10.1 Å². The summed E-state index contributed by atoms with van der Waals surface area (Å²) in [5, 5.41) is 15.8. The van der Waals surface area contributed by atoms with Gasteiger partial charge in [0.1, 0.15) is 5.69 Å². The van der Waals surface area contributed by atoms with E-state index in [1.165, 1.54) is 6.07 Å². The highest BCUT2D eigenvalue weighted by atomic mass is 16.6. The number of rotatable bonds is 2. The predicted molar refractivity (Wildman–Crippen MR) is 103 cm³/mol. The standard InChI is InChI=1S/C21H13N3O2/c25-24(26)19-10-5-11-22-21(19)16-12-18-20(14-7-2-1-6-13(14)16)15-8-3-4-9-17(15)23-18/h1-12,23H. The first-order valence-corrected chi connectivity index (χ1v) is 8.26. The number of nitrogens with zero attached hydrogens (tertiary/aromatic N) is 2. The van der Waals surface area contributed by atoms with Crippen LogP contribution < -0.4 is 0 Å². The minimum Gasteiger partial charge on any atom is -0.354 e. The van der Waals surface area contributed by atoms with Gasteiger partial charge in [0.15, 0.2) is 0 Å². The number of aromatic amines is 1. The number of H-pyrrole nitrogens is 1. The van der Waals surface area contributed by atoms with Gasteiger partial charge in [0.25, 0.3) is 5.69 Å². The van der Waals surface area contributed by atoms with E-state index >= 15 is 0 Å². The molecule has 0 aliphatic heterocycles. The summed E-state index contributed by atoms with van der Waals surface area (Å²) in [4.78, 5) is 18.9. The molecule has 2 aromatic heterocycles. The van der Waals surface area contributed by atoms with Crippen molar-refractivity contribution in [2.24, 2.45) is 0 Å². The van der Waals surface area contributed by atoms with E-state index in [0.717, 1.165) is 38.1 Å². The molecule has 124 valence electrons. The monoisotopic (exact) mass is 339 g/mol. The molecule has 0 amide bonds. The van der Waals surface area contributed by atoms with Gasteiger partial charge in [0, 0.05) is 39.6 Å². The minimum atomic E-state index is -0.382. The summed E-state index contributed by atoms with van der Waals surface area (Å²) in [5.41, 5.74) is 3.13. The Balaban J connectivity index is 1.98. The van der Waals surface area contributed by atoms with Crippen LogP contribution in [0.1, 0.15) is 0 Å². The molecule has 0 saturated carbocycles. The lowest BCUT2D eigenvalue weighted by molar-refractivity contribution is -0.384. The van der Waals surface area contributed by atoms with Gasteiger partial charge in [0.2, 0.25) is 0 Å². The molecular formula is C21H13N3O2. The van der Waals surface area contributed by atoms with E-state index < -0.39 is 0 Å². The molecule has 0 atom stereocenters. The summed E-state index contributed by atoms with van der Waals surface area (Å²) < 4.78 is 0. The molecule has 5 nitrogen and oxygen atoms in total. The van der Waals surface area contributed by atoms with E-state index in [-0.39, 0.29) is 10.6 Å². The molecule has 0 bridgehead atoms. The van der Waals surface area contributed by atoms with Crippen LogP contribution in [0.4, 0.5) is 5.69 Å². The van der Waals surface area contributed by atoms with Crippen molar-refractivity contribution in [2.75, 3.05) is 0 Å². The van der Waals surface area contributed by atoms with Crippen LogP contribution >= 0.6 is 0 Å². The summed E-state index contributed by atoms with van der Waals surface area (Å²) in [6.45, 7) is 0. The second-order valence-electron chi connectivity index (χ2n) is 6.19. The molecule has 5 rings (SSSR count). The van der Waals surface area contributed by atoms with Crippen LogP contribution in [0.5, 0.6) is 0 Å². The second kappa shape index (κ2) is 5.39. The van der Waals surface area contributed by atoms with Crippen molar-refractivity contribution in [2.45, 2.75) is 0 Å². The van der Waals surface area contributed by atoms with E-state index in [1.807, 2.05) is 42.5 Å². The minimum absolute atomic E-state index is 0.00751. The number of hydrogen-bond acceptors (Lipinski definition) is 3. The predicted octanol–water partition coefficient (Wildman–Crippen LogP) is 5.44. The molecule has 5 aromatic rings. The topological polar surface area (TPSA) is 71.8 Å². The van der Waals surface area contributed by atoms with Gasteiger partial charge >= 0.3 is 0 Å². The summed E-state index contributed by atoms with van der Waals surface area (Å²) in [5.74, 6) is 0. The fourth-order valence-corrected chi connectivity index (χ4v) is 3.67. The number of nitro groups is 1. The van der Waals surface area contributed by atoms with Crippen molar-refractivity contribution in [1.82, 2.24) is 9.97 Å². The average Bonchev–Trinajstić information content (AvgIpc) is 3.06. The largest absolute Gasteiger partial charge is 0.354 e. The molecule has 0 fully saturated rings. The number of pyridine rings is 1. The van der Waals surface area contributed by atoms with Crippen molar-refractivity contribution >= 4 is 38.3 Å². The van der Waals surface area contributed by atoms with Gasteiger partial charge in [0.05, 0.1) is 4.92 Å². The first-order chi connectivity index (χ1) is 12.7. The zero-order valence-electron chi connectivity index (χ0n) is 13.6. The summed E-state index contributed by atoms with van der Waals surface area (Å²) in [6.07, 6.45) is 1.59. The fourth-order valence-electron chi connectivity index (χ4n) is 3.67. The number of fused-ring (bicyclic) bond motifs is 5. The van der Waals surface area contributed by atoms with E-state index in [1.54, 1.807) is 12.3 Å². The molecule has 0 unspecified atom stereocenters. The van der Waals surface area contributed by atoms with Crippen LogP contribution in [0.25, 0.3) is 43.8 Å². The fraction of sp³-hybridized carbons (Fsp3) is 0. The third-order valence-corrected chi connectivity index (χ3v) is 4.75. The molecule has 0 saturated heterocycles. The first kappa shape index (κ1) is 14.6. The lowest BCUT2D eigenvalue weighted by atomic mass is 9.96. The Kier molecular flexibility index (Phi) is 3.03. The van der Waals surface area contributed by atoms with Crippen molar-refractivity contribution in [1.29, 1.82) is 0 Å². The normalized spacial score (nSPS) is 11.4. The molecule has 3 aromatic carbocycles. The Hall–Kier alpha value is -3.73. The van der Waals surface area contributed by atoms with E-state index in [4.69, 9.17) is 0 Å². The Morgan fingerprint density at radius 1 is 0.846 bits per heavy atom. The Morgan fingerprint density at radius 2 is 1.58 bits per heavy atom. The molecule has 0 radical (unpaired) electrons. The third-order valence-electron chi connectivity index (χ3n) is 4.75. The van der Waals surface area contributed by atoms with Gasteiger partial charge in [-0.05, 0) is 29.0 Å². The van der Waals surface area contributed by atoms with Crippen LogP contribution in [0, 0.1) is 10.1 Å². The molecular weight excluding hydrogens is 326 g/mol. The van der Waals surface area contributed by atoms with Gasteiger partial charge in [-0.2, -0.15) is 0 Å². The maximum Gasteiger partial charge on any atom is 0.295 e.